The molecule has 0 aliphatic carbocycles. The zero-order valence-electron chi connectivity index (χ0n) is 10.1. The highest BCUT2D eigenvalue weighted by Crippen LogP contribution is 2.22. The fourth-order valence-electron chi connectivity index (χ4n) is 1.37. The average Bonchev–Trinajstić information content (AvgIpc) is 2.28. The summed E-state index contributed by atoms with van der Waals surface area (Å²) >= 11 is 5.93. The molecule has 1 aromatic rings. The summed E-state index contributed by atoms with van der Waals surface area (Å²) in [7, 11) is 1.66. The number of nitrogens with zero attached hydrogens (tertiary/aromatic N) is 2. The lowest BCUT2D eigenvalue weighted by atomic mass is 10.3. The predicted molar refractivity (Wildman–Crippen MR) is 68.2 cm³/mol. The van der Waals surface area contributed by atoms with Crippen LogP contribution in [0.1, 0.15) is 17.3 Å². The van der Waals surface area contributed by atoms with E-state index in [1.165, 1.54) is 12.3 Å². The molecular formula is C11H14ClN3O3. The van der Waals surface area contributed by atoms with E-state index < -0.39 is 5.97 Å². The Morgan fingerprint density at radius 3 is 2.72 bits per heavy atom. The summed E-state index contributed by atoms with van der Waals surface area (Å²) in [5.41, 5.74) is 0.00941. The third-order valence-electron chi connectivity index (χ3n) is 2.19. The van der Waals surface area contributed by atoms with Crippen molar-refractivity contribution in [1.29, 1.82) is 0 Å². The van der Waals surface area contributed by atoms with Crippen molar-refractivity contribution < 1.29 is 14.7 Å². The molecule has 1 rings (SSSR count). The van der Waals surface area contributed by atoms with Gasteiger partial charge < -0.3 is 15.3 Å². The first kappa shape index (κ1) is 14.2. The first-order valence-corrected chi connectivity index (χ1v) is 5.70. The van der Waals surface area contributed by atoms with Crippen molar-refractivity contribution in [1.82, 2.24) is 10.3 Å². The summed E-state index contributed by atoms with van der Waals surface area (Å²) in [6, 6.07) is 1.31. The van der Waals surface area contributed by atoms with E-state index in [2.05, 4.69) is 10.3 Å². The lowest BCUT2D eigenvalue weighted by molar-refractivity contribution is -0.119. The van der Waals surface area contributed by atoms with Gasteiger partial charge >= 0.3 is 5.97 Å². The highest BCUT2D eigenvalue weighted by atomic mass is 35.5. The molecule has 0 unspecified atom stereocenters. The molecule has 0 radical (unpaired) electrons. The first-order chi connectivity index (χ1) is 8.45. The quantitative estimate of drug-likeness (QED) is 0.835. The minimum absolute atomic E-state index is 0.00941. The summed E-state index contributed by atoms with van der Waals surface area (Å²) in [6.45, 7) is 2.48. The molecule has 18 heavy (non-hydrogen) atoms. The molecule has 0 bridgehead atoms. The summed E-state index contributed by atoms with van der Waals surface area (Å²) in [5, 5.41) is 11.6. The van der Waals surface area contributed by atoms with Crippen molar-refractivity contribution in [3.8, 4) is 0 Å². The number of nitrogens with one attached hydrogen (secondary N) is 1. The van der Waals surface area contributed by atoms with Crippen LogP contribution in [-0.4, -0.2) is 42.1 Å². The Labute approximate surface area is 110 Å². The molecular weight excluding hydrogens is 258 g/mol. The van der Waals surface area contributed by atoms with Gasteiger partial charge in [0.2, 0.25) is 5.91 Å². The largest absolute Gasteiger partial charge is 0.478 e. The number of likely N-dealkylation sites (N-methyl/N-ethyl adjacent to an activating group) is 2. The number of hydrogen-bond donors (Lipinski definition) is 2. The number of anilines is 1. The van der Waals surface area contributed by atoms with E-state index in [1.807, 2.05) is 6.92 Å². The highest BCUT2D eigenvalue weighted by Gasteiger charge is 2.13. The van der Waals surface area contributed by atoms with Gasteiger partial charge in [-0.05, 0) is 13.0 Å². The molecule has 1 aromatic heterocycles. The molecule has 1 amide bonds. The topological polar surface area (TPSA) is 82.5 Å². The maximum Gasteiger partial charge on any atom is 0.337 e. The summed E-state index contributed by atoms with van der Waals surface area (Å²) in [6.07, 6.45) is 1.21. The molecule has 98 valence electrons. The molecule has 0 saturated carbocycles. The Morgan fingerprint density at radius 1 is 1.56 bits per heavy atom. The zero-order chi connectivity index (χ0) is 13.7. The highest BCUT2D eigenvalue weighted by molar-refractivity contribution is 6.33. The lowest BCUT2D eigenvalue weighted by Crippen LogP contribution is -2.35. The number of carbonyl (C=O) groups excluding carboxylic acids is 1. The number of carboxylic acid groups (broad SMARTS) is 1. The number of halogens is 1. The molecule has 0 fully saturated rings. The molecule has 0 aliphatic heterocycles. The van der Waals surface area contributed by atoms with E-state index in [0.29, 0.717) is 12.4 Å². The van der Waals surface area contributed by atoms with Crippen molar-refractivity contribution in [3.05, 3.63) is 22.8 Å². The van der Waals surface area contributed by atoms with Gasteiger partial charge in [-0.25, -0.2) is 9.78 Å². The van der Waals surface area contributed by atoms with Crippen molar-refractivity contribution in [3.63, 3.8) is 0 Å². The third kappa shape index (κ3) is 3.59. The fourth-order valence-corrected chi connectivity index (χ4v) is 1.68. The van der Waals surface area contributed by atoms with Crippen molar-refractivity contribution >= 4 is 29.3 Å². The van der Waals surface area contributed by atoms with Crippen LogP contribution in [0.2, 0.25) is 5.02 Å². The normalized spacial score (nSPS) is 9.94. The Hall–Kier alpha value is -1.82. The molecule has 0 aliphatic rings. The Kier molecular flexibility index (Phi) is 4.91. The predicted octanol–water partition coefficient (Wildman–Crippen LogP) is 1.01. The number of carbonyl (C=O) groups is 2. The summed E-state index contributed by atoms with van der Waals surface area (Å²) in [4.78, 5) is 27.6. The molecule has 2 N–H and O–H groups in total. The van der Waals surface area contributed by atoms with Gasteiger partial charge in [0.25, 0.3) is 0 Å². The molecule has 7 heteroatoms. The van der Waals surface area contributed by atoms with Gasteiger partial charge in [0.05, 0.1) is 17.1 Å². The van der Waals surface area contributed by atoms with Gasteiger partial charge in [-0.2, -0.15) is 0 Å². The van der Waals surface area contributed by atoms with Crippen LogP contribution in [-0.2, 0) is 4.79 Å². The molecule has 0 spiro atoms. The molecule has 0 atom stereocenters. The van der Waals surface area contributed by atoms with Gasteiger partial charge in [0.15, 0.2) is 0 Å². The molecule has 6 nitrogen and oxygen atoms in total. The second kappa shape index (κ2) is 6.20. The monoisotopic (exact) mass is 271 g/mol. The smallest absolute Gasteiger partial charge is 0.337 e. The Morgan fingerprint density at radius 2 is 2.22 bits per heavy atom. The van der Waals surface area contributed by atoms with E-state index in [9.17, 15) is 9.59 Å². The van der Waals surface area contributed by atoms with Crippen molar-refractivity contribution in [2.24, 2.45) is 0 Å². The number of aromatic carboxylic acids is 1. The van der Waals surface area contributed by atoms with Crippen LogP contribution in [0.5, 0.6) is 0 Å². The summed E-state index contributed by atoms with van der Waals surface area (Å²) in [5.74, 6) is -0.879. The van der Waals surface area contributed by atoms with Gasteiger partial charge in [-0.15, -0.1) is 0 Å². The number of carboxylic acids is 1. The average molecular weight is 272 g/mol. The van der Waals surface area contributed by atoms with Gasteiger partial charge in [-0.3, -0.25) is 4.79 Å². The number of rotatable bonds is 5. The Balaban J connectivity index is 2.83. The van der Waals surface area contributed by atoms with E-state index in [4.69, 9.17) is 16.7 Å². The standard InChI is InChI=1S/C11H14ClN3O3/c1-3-13-9(16)6-15(2)10-8(12)4-7(5-14-10)11(17)18/h4-5H,3,6H2,1-2H3,(H,13,16)(H,17,18). The van der Waals surface area contributed by atoms with Crippen LogP contribution in [0.15, 0.2) is 12.3 Å². The van der Waals surface area contributed by atoms with Crippen LogP contribution in [0.25, 0.3) is 0 Å². The van der Waals surface area contributed by atoms with Gasteiger partial charge in [0, 0.05) is 19.8 Å². The van der Waals surface area contributed by atoms with E-state index in [1.54, 1.807) is 11.9 Å². The fraction of sp³-hybridized carbons (Fsp3) is 0.364. The first-order valence-electron chi connectivity index (χ1n) is 5.32. The lowest BCUT2D eigenvalue weighted by Gasteiger charge is -2.18. The molecule has 1 heterocycles. The Bertz CT molecular complexity index is 465. The maximum atomic E-state index is 11.4. The minimum atomic E-state index is -1.10. The van der Waals surface area contributed by atoms with E-state index in [0.717, 1.165) is 0 Å². The summed E-state index contributed by atoms with van der Waals surface area (Å²) < 4.78 is 0. The molecule has 0 aromatic carbocycles. The van der Waals surface area contributed by atoms with Crippen LogP contribution < -0.4 is 10.2 Å². The molecule has 0 saturated heterocycles. The number of aromatic nitrogens is 1. The van der Waals surface area contributed by atoms with Gasteiger partial charge in [0.1, 0.15) is 5.82 Å². The SMILES string of the molecule is CCNC(=O)CN(C)c1ncc(C(=O)O)cc1Cl. The maximum absolute atomic E-state index is 11.4. The van der Waals surface area contributed by atoms with Crippen LogP contribution in [0, 0.1) is 0 Å². The van der Waals surface area contributed by atoms with Crippen LogP contribution in [0.4, 0.5) is 5.82 Å². The van der Waals surface area contributed by atoms with E-state index >= 15 is 0 Å². The minimum Gasteiger partial charge on any atom is -0.478 e. The van der Waals surface area contributed by atoms with Gasteiger partial charge in [-0.1, -0.05) is 11.6 Å². The second-order valence-corrected chi connectivity index (χ2v) is 4.05. The van der Waals surface area contributed by atoms with Crippen LogP contribution >= 0.6 is 11.6 Å². The number of amides is 1. The van der Waals surface area contributed by atoms with Crippen molar-refractivity contribution in [2.75, 3.05) is 25.0 Å². The van der Waals surface area contributed by atoms with Crippen molar-refractivity contribution in [2.45, 2.75) is 6.92 Å². The van der Waals surface area contributed by atoms with Crippen LogP contribution in [0.3, 0.4) is 0 Å². The third-order valence-corrected chi connectivity index (χ3v) is 2.46. The second-order valence-electron chi connectivity index (χ2n) is 3.64. The number of pyridine rings is 1. The van der Waals surface area contributed by atoms with E-state index in [-0.39, 0.29) is 23.0 Å². The number of hydrogen-bond acceptors (Lipinski definition) is 4. The zero-order valence-corrected chi connectivity index (χ0v) is 10.9.